The number of alkyl halides is 2. The number of amides is 4. The Bertz CT molecular complexity index is 2640. The first kappa shape index (κ1) is 51.2. The van der Waals surface area contributed by atoms with Crippen LogP contribution >= 0.6 is 0 Å². The van der Waals surface area contributed by atoms with Gasteiger partial charge in [-0.3, -0.25) is 24.0 Å². The standard InChI is InChI=1S/C52H62F2N6O11/c1-27(58-45(67)39(19-33-24-55-26-56-33)60-47(68)71-48(3,4)5)43(65)57-28(2)44(66)59-32-10-8-9-30(18-32)17-29-11-13-31(14-12-29)46-69-42-22-35-36-21-38(53)37-20-34(62)15-16-49(37,6)51(36,54)40(63)23-50(35,7)52(42,70-46)41(64)25-61/h8-16,18,20,24,26-28,35-36,38-40,42,46,61,63H,17,19,21-23,25H2,1-7H3,(H,55,56)(H,57,65)(H,58,67)(H,59,66)(H,60,68)/t27-,28-,35-,36-,38-,39-,40-,42+,46+,49-,50-,51-,52+/m0/s1. The number of allylic oxidation sites excluding steroid dienone is 4. The lowest BCUT2D eigenvalue weighted by Gasteiger charge is -2.63. The second-order valence-electron chi connectivity index (χ2n) is 21.0. The Hall–Kier alpha value is -6.15. The third kappa shape index (κ3) is 9.32. The van der Waals surface area contributed by atoms with Gasteiger partial charge in [0.05, 0.1) is 18.5 Å². The number of imidazole rings is 1. The SMILES string of the molecule is C[C@H](NC(=O)[C@H](C)NC(=O)[C@H](Cc1cnc[nH]1)NC(=O)OC(C)(C)C)C(=O)Nc1cccc(Cc2ccc([C@@H]3O[C@@H]4C[C@H]5[C@@H]6C[C@H](F)C7=CC(=O)C=C[C@]7(C)[C@@]6(F)[C@@H](O)C[C@]5(C)[C@]4(C(=O)CO)O3)cc2)c1. The monoisotopic (exact) mass is 984 g/mol. The average molecular weight is 985 g/mol. The molecule has 2 aromatic carbocycles. The van der Waals surface area contributed by atoms with Crippen LogP contribution in [0.15, 0.2) is 84.9 Å². The van der Waals surface area contributed by atoms with E-state index in [2.05, 4.69) is 31.2 Å². The number of fused-ring (bicyclic) bond motifs is 7. The molecule has 1 aromatic heterocycles. The van der Waals surface area contributed by atoms with Crippen molar-refractivity contribution in [1.82, 2.24) is 25.9 Å². The van der Waals surface area contributed by atoms with Crippen LogP contribution in [0.5, 0.6) is 0 Å². The molecule has 8 rings (SSSR count). The molecule has 4 aliphatic carbocycles. The number of aliphatic hydroxyl groups excluding tert-OH is 2. The smallest absolute Gasteiger partial charge is 0.408 e. The number of nitrogens with one attached hydrogen (secondary N) is 5. The summed E-state index contributed by atoms with van der Waals surface area (Å²) in [6, 6.07) is 11.2. The summed E-state index contributed by atoms with van der Waals surface area (Å²) >= 11 is 0. The van der Waals surface area contributed by atoms with Gasteiger partial charge in [-0.1, -0.05) is 49.4 Å². The molecule has 19 heteroatoms. The molecule has 2 heterocycles. The lowest BCUT2D eigenvalue weighted by atomic mass is 9.44. The number of rotatable bonds is 14. The van der Waals surface area contributed by atoms with Gasteiger partial charge in [0.1, 0.15) is 36.5 Å². The van der Waals surface area contributed by atoms with Gasteiger partial charge in [-0.15, -0.1) is 0 Å². The van der Waals surface area contributed by atoms with E-state index in [1.165, 1.54) is 45.4 Å². The van der Waals surface area contributed by atoms with Crippen LogP contribution < -0.4 is 21.3 Å². The molecule has 4 fully saturated rings. The Kier molecular flexibility index (Phi) is 13.8. The molecular formula is C52H62F2N6O11. The van der Waals surface area contributed by atoms with Crippen LogP contribution in [0.3, 0.4) is 0 Å². The fourth-order valence-corrected chi connectivity index (χ4v) is 11.8. The maximum absolute atomic E-state index is 17.8. The normalized spacial score (nSPS) is 31.9. The van der Waals surface area contributed by atoms with Crippen molar-refractivity contribution in [3.8, 4) is 0 Å². The van der Waals surface area contributed by atoms with Gasteiger partial charge in [-0.25, -0.2) is 18.6 Å². The van der Waals surface area contributed by atoms with E-state index in [-0.39, 0.29) is 31.3 Å². The van der Waals surface area contributed by atoms with Crippen LogP contribution in [0.25, 0.3) is 0 Å². The van der Waals surface area contributed by atoms with Gasteiger partial charge in [-0.05, 0) is 114 Å². The minimum Gasteiger partial charge on any atom is -0.444 e. The summed E-state index contributed by atoms with van der Waals surface area (Å²) < 4.78 is 52.2. The zero-order valence-electron chi connectivity index (χ0n) is 40.7. The Labute approximate surface area is 409 Å². The van der Waals surface area contributed by atoms with Crippen molar-refractivity contribution in [2.45, 2.75) is 140 Å². The molecule has 5 aliphatic rings. The van der Waals surface area contributed by atoms with Crippen molar-refractivity contribution in [3.63, 3.8) is 0 Å². The minimum atomic E-state index is -2.36. The van der Waals surface area contributed by atoms with E-state index < -0.39 is 124 Å². The Morgan fingerprint density at radius 2 is 1.66 bits per heavy atom. The fraction of sp³-hybridized carbons (Fsp3) is 0.519. The molecule has 3 saturated carbocycles. The molecule has 17 nitrogen and oxygen atoms in total. The first-order chi connectivity index (χ1) is 33.4. The van der Waals surface area contributed by atoms with Crippen LogP contribution in [-0.4, -0.2) is 116 Å². The first-order valence-electron chi connectivity index (χ1n) is 23.9. The van der Waals surface area contributed by atoms with Crippen LogP contribution in [0.2, 0.25) is 0 Å². The molecule has 4 amide bonds. The van der Waals surface area contributed by atoms with Gasteiger partial charge in [0.2, 0.25) is 17.7 Å². The second-order valence-corrected chi connectivity index (χ2v) is 21.0. The van der Waals surface area contributed by atoms with Crippen molar-refractivity contribution in [2.24, 2.45) is 22.7 Å². The number of ketones is 2. The number of aliphatic hydroxyl groups is 2. The largest absolute Gasteiger partial charge is 0.444 e. The minimum absolute atomic E-state index is 0.00330. The summed E-state index contributed by atoms with van der Waals surface area (Å²) in [4.78, 5) is 85.3. The molecule has 71 heavy (non-hydrogen) atoms. The molecule has 0 bridgehead atoms. The fourth-order valence-electron chi connectivity index (χ4n) is 11.8. The van der Waals surface area contributed by atoms with Gasteiger partial charge in [0.15, 0.2) is 29.1 Å². The van der Waals surface area contributed by atoms with Gasteiger partial charge < -0.3 is 50.7 Å². The highest BCUT2D eigenvalue weighted by Gasteiger charge is 2.80. The summed E-state index contributed by atoms with van der Waals surface area (Å²) in [6.07, 6.45) is 0.555. The summed E-state index contributed by atoms with van der Waals surface area (Å²) in [5.74, 6) is -4.67. The maximum atomic E-state index is 17.8. The van der Waals surface area contributed by atoms with E-state index in [4.69, 9.17) is 14.2 Å². The quantitative estimate of drug-likeness (QED) is 0.116. The van der Waals surface area contributed by atoms with E-state index in [1.807, 2.05) is 18.2 Å². The number of carbonyl (C=O) groups is 6. The Morgan fingerprint density at radius 1 is 0.958 bits per heavy atom. The van der Waals surface area contributed by atoms with Crippen molar-refractivity contribution in [3.05, 3.63) is 107 Å². The van der Waals surface area contributed by atoms with Crippen LogP contribution in [0.1, 0.15) is 96.4 Å². The molecule has 0 unspecified atom stereocenters. The number of H-pyrrole nitrogens is 1. The number of hydrogen-bond donors (Lipinski definition) is 7. The maximum Gasteiger partial charge on any atom is 0.408 e. The molecule has 7 N–H and O–H groups in total. The van der Waals surface area contributed by atoms with E-state index in [0.29, 0.717) is 23.4 Å². The highest BCUT2D eigenvalue weighted by atomic mass is 19.1. The van der Waals surface area contributed by atoms with E-state index in [9.17, 15) is 39.0 Å². The number of halogens is 2. The van der Waals surface area contributed by atoms with E-state index >= 15 is 8.78 Å². The van der Waals surface area contributed by atoms with Gasteiger partial charge in [-0.2, -0.15) is 0 Å². The molecular weight excluding hydrogens is 923 g/mol. The molecule has 1 aliphatic heterocycles. The van der Waals surface area contributed by atoms with Crippen molar-refractivity contribution < 1.29 is 62.0 Å². The summed E-state index contributed by atoms with van der Waals surface area (Å²) in [7, 11) is 0. The first-order valence-corrected chi connectivity index (χ1v) is 23.9. The van der Waals surface area contributed by atoms with Crippen LogP contribution in [0.4, 0.5) is 19.3 Å². The van der Waals surface area contributed by atoms with Crippen LogP contribution in [-0.2, 0) is 51.0 Å². The number of Topliss-reactive ketones (excluding diaryl/α,β-unsaturated/α-hetero) is 1. The van der Waals surface area contributed by atoms with E-state index in [1.54, 1.807) is 58.0 Å². The number of hydrogen-bond acceptors (Lipinski definition) is 12. The average Bonchev–Trinajstić information content (AvgIpc) is 4.03. The third-order valence-electron chi connectivity index (χ3n) is 15.3. The van der Waals surface area contributed by atoms with Crippen molar-refractivity contribution >= 4 is 41.1 Å². The molecule has 13 atom stereocenters. The highest BCUT2D eigenvalue weighted by Crippen LogP contribution is 2.72. The zero-order valence-corrected chi connectivity index (χ0v) is 40.7. The number of alkyl carbamates (subject to hydrolysis) is 1. The van der Waals surface area contributed by atoms with Gasteiger partial charge in [0, 0.05) is 46.3 Å². The Morgan fingerprint density at radius 3 is 2.34 bits per heavy atom. The highest BCUT2D eigenvalue weighted by molar-refractivity contribution is 6.01. The van der Waals surface area contributed by atoms with Gasteiger partial charge in [0.25, 0.3) is 0 Å². The molecule has 0 radical (unpaired) electrons. The van der Waals surface area contributed by atoms with Crippen molar-refractivity contribution in [2.75, 3.05) is 11.9 Å². The predicted octanol–water partition coefficient (Wildman–Crippen LogP) is 4.73. The number of carbonyl (C=O) groups excluding carboxylic acids is 6. The van der Waals surface area contributed by atoms with E-state index in [0.717, 1.165) is 17.2 Å². The summed E-state index contributed by atoms with van der Waals surface area (Å²) in [6.45, 7) is 10.4. The summed E-state index contributed by atoms with van der Waals surface area (Å²) in [5, 5.41) is 32.7. The number of ether oxygens (including phenoxy) is 3. The zero-order chi connectivity index (χ0) is 51.4. The molecule has 0 spiro atoms. The number of anilines is 1. The number of nitrogens with zero attached hydrogens (tertiary/aromatic N) is 1. The summed E-state index contributed by atoms with van der Waals surface area (Å²) in [5.41, 5.74) is -4.49. The molecule has 380 valence electrons. The number of aromatic nitrogens is 2. The van der Waals surface area contributed by atoms with Crippen LogP contribution in [0, 0.1) is 22.7 Å². The lowest BCUT2D eigenvalue weighted by molar-refractivity contribution is -0.235. The molecule has 3 aromatic rings. The predicted molar refractivity (Wildman–Crippen MR) is 253 cm³/mol. The topological polar surface area (TPSA) is 247 Å². The Balaban J connectivity index is 0.880. The second kappa shape index (κ2) is 19.1. The molecule has 1 saturated heterocycles. The number of aromatic amines is 1. The van der Waals surface area contributed by atoms with Gasteiger partial charge >= 0.3 is 6.09 Å². The lowest BCUT2D eigenvalue weighted by Crippen LogP contribution is -2.70. The third-order valence-corrected chi connectivity index (χ3v) is 15.3. The van der Waals surface area contributed by atoms with Crippen molar-refractivity contribution in [1.29, 1.82) is 0 Å². The number of benzene rings is 2.